The van der Waals surface area contributed by atoms with Crippen LogP contribution in [0.5, 0.6) is 5.75 Å². The van der Waals surface area contributed by atoms with Gasteiger partial charge in [0, 0.05) is 25.1 Å². The standard InChI is InChI=1S/C24H25NO5/c1-2-28-19-11-9-17(10-12-19)15-25(16-20-7-5-13-29-20)23(26)21-14-18-6-3-4-8-22(18)30-24(21)27/h3-4,6,8-12,14,20H,2,5,7,13,15-16H2,1H3/t20-/m1/s1. The number of ether oxygens (including phenoxy) is 2. The first-order valence-electron chi connectivity index (χ1n) is 10.3. The topological polar surface area (TPSA) is 69.0 Å². The highest BCUT2D eigenvalue weighted by molar-refractivity contribution is 5.96. The van der Waals surface area contributed by atoms with Gasteiger partial charge in [-0.25, -0.2) is 4.79 Å². The second kappa shape index (κ2) is 9.13. The second-order valence-electron chi connectivity index (χ2n) is 7.38. The monoisotopic (exact) mass is 407 g/mol. The van der Waals surface area contributed by atoms with Gasteiger partial charge in [0.25, 0.3) is 5.91 Å². The van der Waals surface area contributed by atoms with Crippen molar-refractivity contribution in [3.05, 3.63) is 76.1 Å². The molecule has 3 aromatic rings. The van der Waals surface area contributed by atoms with Gasteiger partial charge >= 0.3 is 5.63 Å². The first-order valence-corrected chi connectivity index (χ1v) is 10.3. The molecule has 1 aliphatic rings. The molecular weight excluding hydrogens is 382 g/mol. The summed E-state index contributed by atoms with van der Waals surface area (Å²) in [6.45, 7) is 4.04. The van der Waals surface area contributed by atoms with E-state index in [-0.39, 0.29) is 17.6 Å². The van der Waals surface area contributed by atoms with Crippen molar-refractivity contribution >= 4 is 16.9 Å². The minimum Gasteiger partial charge on any atom is -0.494 e. The molecule has 1 atom stereocenters. The van der Waals surface area contributed by atoms with Crippen LogP contribution >= 0.6 is 0 Å². The van der Waals surface area contributed by atoms with Gasteiger partial charge in [0.2, 0.25) is 0 Å². The Morgan fingerprint density at radius 3 is 2.70 bits per heavy atom. The van der Waals surface area contributed by atoms with Crippen LogP contribution in [0.4, 0.5) is 0 Å². The molecule has 0 radical (unpaired) electrons. The SMILES string of the molecule is CCOc1ccc(CN(C[C@H]2CCCO2)C(=O)c2cc3ccccc3oc2=O)cc1. The van der Waals surface area contributed by atoms with Gasteiger partial charge in [0.1, 0.15) is 16.9 Å². The van der Waals surface area contributed by atoms with Crippen molar-refractivity contribution in [3.8, 4) is 5.75 Å². The molecular formula is C24H25NO5. The van der Waals surface area contributed by atoms with Gasteiger partial charge in [-0.2, -0.15) is 0 Å². The normalized spacial score (nSPS) is 16.0. The molecule has 0 unspecified atom stereocenters. The Labute approximate surface area is 175 Å². The van der Waals surface area contributed by atoms with E-state index in [1.807, 2.05) is 43.3 Å². The highest BCUT2D eigenvalue weighted by Gasteiger charge is 2.26. The average molecular weight is 407 g/mol. The van der Waals surface area contributed by atoms with Crippen molar-refractivity contribution in [2.75, 3.05) is 19.8 Å². The van der Waals surface area contributed by atoms with Gasteiger partial charge < -0.3 is 18.8 Å². The fourth-order valence-electron chi connectivity index (χ4n) is 3.71. The van der Waals surface area contributed by atoms with Crippen LogP contribution in [0, 0.1) is 0 Å². The number of carbonyl (C=O) groups is 1. The van der Waals surface area contributed by atoms with Crippen LogP contribution in [0.25, 0.3) is 11.0 Å². The van der Waals surface area contributed by atoms with E-state index >= 15 is 0 Å². The number of benzene rings is 2. The zero-order valence-corrected chi connectivity index (χ0v) is 17.0. The van der Waals surface area contributed by atoms with E-state index in [2.05, 4.69) is 0 Å². The highest BCUT2D eigenvalue weighted by atomic mass is 16.5. The van der Waals surface area contributed by atoms with E-state index in [0.717, 1.165) is 29.5 Å². The lowest BCUT2D eigenvalue weighted by Gasteiger charge is -2.25. The number of amides is 1. The summed E-state index contributed by atoms with van der Waals surface area (Å²) < 4.78 is 16.6. The Hall–Kier alpha value is -3.12. The first kappa shape index (κ1) is 20.2. The van der Waals surface area contributed by atoms with Gasteiger partial charge in [0.05, 0.1) is 12.7 Å². The molecule has 1 aromatic heterocycles. The van der Waals surface area contributed by atoms with E-state index in [9.17, 15) is 9.59 Å². The molecule has 30 heavy (non-hydrogen) atoms. The lowest BCUT2D eigenvalue weighted by atomic mass is 10.1. The minimum absolute atomic E-state index is 0.0239. The Balaban J connectivity index is 1.62. The zero-order valence-electron chi connectivity index (χ0n) is 17.0. The summed E-state index contributed by atoms with van der Waals surface area (Å²) in [4.78, 5) is 27.6. The predicted octanol–water partition coefficient (Wildman–Crippen LogP) is 4.01. The van der Waals surface area contributed by atoms with Crippen molar-refractivity contribution in [1.29, 1.82) is 0 Å². The summed E-state index contributed by atoms with van der Waals surface area (Å²) in [5.41, 5.74) is 0.839. The van der Waals surface area contributed by atoms with Gasteiger partial charge in [-0.05, 0) is 49.6 Å². The van der Waals surface area contributed by atoms with Gasteiger partial charge in [-0.15, -0.1) is 0 Å². The molecule has 156 valence electrons. The maximum Gasteiger partial charge on any atom is 0.349 e. The maximum absolute atomic E-state index is 13.4. The Kier molecular flexibility index (Phi) is 6.14. The number of carbonyl (C=O) groups excluding carboxylic acids is 1. The van der Waals surface area contributed by atoms with Crippen LogP contribution in [-0.4, -0.2) is 36.7 Å². The average Bonchev–Trinajstić information content (AvgIpc) is 3.27. The lowest BCUT2D eigenvalue weighted by molar-refractivity contribution is 0.0504. The molecule has 0 bridgehead atoms. The Morgan fingerprint density at radius 2 is 1.97 bits per heavy atom. The molecule has 2 aromatic carbocycles. The van der Waals surface area contributed by atoms with Crippen molar-refractivity contribution in [1.82, 2.24) is 4.90 Å². The number of nitrogens with zero attached hydrogens (tertiary/aromatic N) is 1. The van der Waals surface area contributed by atoms with Crippen LogP contribution in [0.15, 0.2) is 63.8 Å². The molecule has 6 nitrogen and oxygen atoms in total. The van der Waals surface area contributed by atoms with Crippen molar-refractivity contribution in [2.24, 2.45) is 0 Å². The number of hydrogen-bond donors (Lipinski definition) is 0. The third kappa shape index (κ3) is 4.54. The van der Waals surface area contributed by atoms with Gasteiger partial charge in [-0.1, -0.05) is 30.3 Å². The van der Waals surface area contributed by atoms with Crippen molar-refractivity contribution < 1.29 is 18.7 Å². The number of rotatable bonds is 7. The zero-order chi connectivity index (χ0) is 20.9. The molecule has 0 aliphatic carbocycles. The molecule has 4 rings (SSSR count). The predicted molar refractivity (Wildman–Crippen MR) is 114 cm³/mol. The van der Waals surface area contributed by atoms with E-state index < -0.39 is 5.63 Å². The lowest BCUT2D eigenvalue weighted by Crippen LogP contribution is -2.38. The van der Waals surface area contributed by atoms with E-state index in [0.29, 0.717) is 31.9 Å². The largest absolute Gasteiger partial charge is 0.494 e. The molecule has 0 N–H and O–H groups in total. The van der Waals surface area contributed by atoms with Gasteiger partial charge in [0.15, 0.2) is 0 Å². The number of hydrogen-bond acceptors (Lipinski definition) is 5. The molecule has 6 heteroatoms. The van der Waals surface area contributed by atoms with Crippen LogP contribution in [0.2, 0.25) is 0 Å². The molecule has 1 aliphatic heterocycles. The van der Waals surface area contributed by atoms with E-state index in [4.69, 9.17) is 13.9 Å². The minimum atomic E-state index is -0.622. The quantitative estimate of drug-likeness (QED) is 0.554. The van der Waals surface area contributed by atoms with Crippen LogP contribution in [0.3, 0.4) is 0 Å². The molecule has 1 fully saturated rings. The Morgan fingerprint density at radius 1 is 1.17 bits per heavy atom. The third-order valence-corrected chi connectivity index (χ3v) is 5.21. The van der Waals surface area contributed by atoms with Gasteiger partial charge in [-0.3, -0.25) is 4.79 Å². The smallest absolute Gasteiger partial charge is 0.349 e. The summed E-state index contributed by atoms with van der Waals surface area (Å²) in [5.74, 6) is 0.437. The summed E-state index contributed by atoms with van der Waals surface area (Å²) in [6.07, 6.45) is 1.86. The fraction of sp³-hybridized carbons (Fsp3) is 0.333. The van der Waals surface area contributed by atoms with Crippen molar-refractivity contribution in [3.63, 3.8) is 0 Å². The fourth-order valence-corrected chi connectivity index (χ4v) is 3.71. The molecule has 0 spiro atoms. The van der Waals surface area contributed by atoms with Crippen LogP contribution in [-0.2, 0) is 11.3 Å². The molecule has 1 amide bonds. The second-order valence-corrected chi connectivity index (χ2v) is 7.38. The van der Waals surface area contributed by atoms with Crippen LogP contribution < -0.4 is 10.4 Å². The number of fused-ring (bicyclic) bond motifs is 1. The van der Waals surface area contributed by atoms with Crippen LogP contribution in [0.1, 0.15) is 35.7 Å². The van der Waals surface area contributed by atoms with Crippen molar-refractivity contribution in [2.45, 2.75) is 32.4 Å². The molecule has 0 saturated carbocycles. The highest BCUT2D eigenvalue weighted by Crippen LogP contribution is 2.20. The Bertz CT molecular complexity index is 1070. The van der Waals surface area contributed by atoms with E-state index in [1.165, 1.54) is 0 Å². The summed E-state index contributed by atoms with van der Waals surface area (Å²) in [7, 11) is 0. The third-order valence-electron chi connectivity index (χ3n) is 5.21. The summed E-state index contributed by atoms with van der Waals surface area (Å²) in [5, 5.41) is 0.721. The molecule has 2 heterocycles. The first-order chi connectivity index (χ1) is 14.6. The summed E-state index contributed by atoms with van der Waals surface area (Å²) in [6, 6.07) is 16.4. The molecule has 1 saturated heterocycles. The summed E-state index contributed by atoms with van der Waals surface area (Å²) >= 11 is 0. The number of para-hydroxylation sites is 1. The maximum atomic E-state index is 13.4. The van der Waals surface area contributed by atoms with E-state index in [1.54, 1.807) is 23.1 Å².